The van der Waals surface area contributed by atoms with Crippen molar-refractivity contribution in [1.29, 1.82) is 0 Å². The fraction of sp³-hybridized carbons (Fsp3) is 0.269. The molecule has 1 heterocycles. The first-order valence-corrected chi connectivity index (χ1v) is 12.7. The monoisotopic (exact) mass is 552 g/mol. The van der Waals surface area contributed by atoms with Gasteiger partial charge < -0.3 is 46.0 Å². The van der Waals surface area contributed by atoms with Crippen LogP contribution in [0.3, 0.4) is 0 Å². The second kappa shape index (κ2) is 13.2. The van der Waals surface area contributed by atoms with Crippen molar-refractivity contribution in [3.8, 4) is 0 Å². The van der Waals surface area contributed by atoms with Gasteiger partial charge in [0.2, 0.25) is 5.91 Å². The molecule has 2 aromatic carbocycles. The number of nitrogens with zero attached hydrogens (tertiary/aromatic N) is 2. The van der Waals surface area contributed by atoms with Crippen molar-refractivity contribution in [3.05, 3.63) is 75.8 Å². The van der Waals surface area contributed by atoms with Gasteiger partial charge in [-0.3, -0.25) is 9.59 Å². The summed E-state index contributed by atoms with van der Waals surface area (Å²) in [5.74, 6) is -0.286. The van der Waals surface area contributed by atoms with E-state index in [0.717, 1.165) is 21.7 Å². The number of aromatic nitrogens is 1. The molecule has 0 unspecified atom stereocenters. The van der Waals surface area contributed by atoms with Gasteiger partial charge in [-0.2, -0.15) is 0 Å². The summed E-state index contributed by atoms with van der Waals surface area (Å²) in [6.45, 7) is 1.42. The number of thiazole rings is 1. The molecular formula is C26H28N6O6S-2. The number of benzene rings is 2. The Labute approximate surface area is 229 Å². The molecule has 0 fully saturated rings. The van der Waals surface area contributed by atoms with Crippen LogP contribution >= 0.6 is 11.3 Å². The molecule has 4 amide bonds. The highest BCUT2D eigenvalue weighted by atomic mass is 32.1. The number of carboxylic acid groups (broad SMARTS) is 2. The van der Waals surface area contributed by atoms with Crippen molar-refractivity contribution in [2.45, 2.75) is 32.5 Å². The van der Waals surface area contributed by atoms with Crippen molar-refractivity contribution in [2.24, 2.45) is 0 Å². The molecule has 0 aliphatic rings. The van der Waals surface area contributed by atoms with Gasteiger partial charge in [-0.15, -0.1) is 11.3 Å². The summed E-state index contributed by atoms with van der Waals surface area (Å²) in [6.07, 6.45) is -2.85. The van der Waals surface area contributed by atoms with Gasteiger partial charge in [-0.25, -0.2) is 4.98 Å². The van der Waals surface area contributed by atoms with Gasteiger partial charge >= 0.3 is 0 Å². The fourth-order valence-electron chi connectivity index (χ4n) is 3.67. The van der Waals surface area contributed by atoms with Gasteiger partial charge in [0, 0.05) is 43.6 Å². The van der Waals surface area contributed by atoms with Crippen molar-refractivity contribution in [1.82, 2.24) is 20.5 Å². The second-order valence-electron chi connectivity index (χ2n) is 8.78. The molecule has 0 bridgehead atoms. The zero-order chi connectivity index (χ0) is 28.5. The van der Waals surface area contributed by atoms with E-state index in [1.807, 2.05) is 34.9 Å². The van der Waals surface area contributed by atoms with Crippen LogP contribution in [0.5, 0.6) is 0 Å². The van der Waals surface area contributed by atoms with Crippen LogP contribution in [0.4, 0.5) is 20.4 Å². The van der Waals surface area contributed by atoms with Crippen LogP contribution in [0, 0.1) is 0 Å². The lowest BCUT2D eigenvalue weighted by Crippen LogP contribution is -2.58. The maximum atomic E-state index is 12.2. The number of aryl methyl sites for hydroxylation is 2. The summed E-state index contributed by atoms with van der Waals surface area (Å²) >= 11 is 1.40. The molecule has 4 N–H and O–H groups in total. The number of rotatable bonds is 11. The molecule has 0 spiro atoms. The first-order valence-electron chi connectivity index (χ1n) is 11.9. The summed E-state index contributed by atoms with van der Waals surface area (Å²) < 4.78 is 0. The highest BCUT2D eigenvalue weighted by Crippen LogP contribution is 2.27. The first-order chi connectivity index (χ1) is 18.5. The molecule has 0 saturated heterocycles. The third kappa shape index (κ3) is 9.00. The molecule has 0 atom stereocenters. The average molecular weight is 553 g/mol. The van der Waals surface area contributed by atoms with Gasteiger partial charge in [0.05, 0.1) is 5.69 Å². The van der Waals surface area contributed by atoms with E-state index in [4.69, 9.17) is 0 Å². The van der Waals surface area contributed by atoms with E-state index in [1.165, 1.54) is 23.2 Å². The van der Waals surface area contributed by atoms with Crippen LogP contribution in [-0.2, 0) is 24.1 Å². The molecular weight excluding hydrogens is 524 g/mol. The topological polar surface area (TPSA) is 179 Å². The number of nitrogens with one attached hydrogen (secondary N) is 4. The number of hydrogen-bond acceptors (Lipinski definition) is 9. The molecule has 3 rings (SSSR count). The smallest absolute Gasteiger partial charge is 0.253 e. The number of anilines is 2. The molecule has 1 aromatic heterocycles. The third-order valence-corrected chi connectivity index (χ3v) is 6.49. The molecule has 0 aliphatic heterocycles. The Kier molecular flexibility index (Phi) is 9.81. The molecule has 39 heavy (non-hydrogen) atoms. The van der Waals surface area contributed by atoms with Crippen LogP contribution in [0.15, 0.2) is 48.5 Å². The number of carbonyl (C=O) groups excluding carboxylic acids is 4. The Morgan fingerprint density at radius 3 is 2.03 bits per heavy atom. The largest absolute Gasteiger partial charge is 0.530 e. The summed E-state index contributed by atoms with van der Waals surface area (Å²) in [5, 5.41) is 31.2. The fourth-order valence-corrected chi connectivity index (χ4v) is 4.76. The molecule has 12 nitrogen and oxygen atoms in total. The van der Waals surface area contributed by atoms with Crippen LogP contribution in [0.2, 0.25) is 0 Å². The van der Waals surface area contributed by atoms with Crippen LogP contribution in [0.25, 0.3) is 0 Å². The quantitative estimate of drug-likeness (QED) is 0.252. The SMILES string of the molecule is CC(=O)Nc1nc(CCc2ccc(NC(NC(=O)[O-])NC(=O)[O-])cc2)c(Cc2ccc(C(=O)N(C)C)cc2)s1. The number of carbonyl (C=O) groups is 4. The first kappa shape index (κ1) is 28.9. The summed E-state index contributed by atoms with van der Waals surface area (Å²) in [5.41, 5.74) is 3.87. The van der Waals surface area contributed by atoms with Crippen molar-refractivity contribution in [2.75, 3.05) is 24.7 Å². The highest BCUT2D eigenvalue weighted by Gasteiger charge is 2.14. The third-order valence-electron chi connectivity index (χ3n) is 5.47. The summed E-state index contributed by atoms with van der Waals surface area (Å²) in [4.78, 5) is 52.4. The molecule has 0 aliphatic carbocycles. The standard InChI is InChI=1S/C26H30N6O6S/c1-15(33)27-24-29-20(21(39-24)14-17-4-9-18(10-5-17)22(34)32(2)3)13-8-16-6-11-19(12-7-16)28-23(30-25(35)36)31-26(37)38/h4-7,9-12,23,28,30-31H,8,13-14H2,1-3H3,(H,35,36)(H,37,38)(H,27,29,33)/p-2. The minimum absolute atomic E-state index is 0.0740. The average Bonchev–Trinajstić information content (AvgIpc) is 3.22. The Bertz CT molecular complexity index is 1310. The Balaban J connectivity index is 1.70. The molecule has 0 saturated carbocycles. The normalized spacial score (nSPS) is 10.6. The Morgan fingerprint density at radius 2 is 1.49 bits per heavy atom. The van der Waals surface area contributed by atoms with Gasteiger partial charge in [0.25, 0.3) is 5.91 Å². The van der Waals surface area contributed by atoms with Crippen molar-refractivity contribution in [3.63, 3.8) is 0 Å². The number of hydrogen-bond donors (Lipinski definition) is 4. The summed E-state index contributed by atoms with van der Waals surface area (Å²) in [6, 6.07) is 14.4. The van der Waals surface area contributed by atoms with E-state index in [1.54, 1.807) is 38.4 Å². The van der Waals surface area contributed by atoms with Crippen LogP contribution in [0.1, 0.15) is 39.0 Å². The molecule has 3 aromatic rings. The van der Waals surface area contributed by atoms with Gasteiger partial charge in [0.1, 0.15) is 12.2 Å². The van der Waals surface area contributed by atoms with Crippen LogP contribution < -0.4 is 31.5 Å². The maximum absolute atomic E-state index is 12.2. The Hall–Kier alpha value is -4.65. The van der Waals surface area contributed by atoms with Gasteiger partial charge in [-0.1, -0.05) is 24.3 Å². The Morgan fingerprint density at radius 1 is 0.897 bits per heavy atom. The van der Waals surface area contributed by atoms with Gasteiger partial charge in [0.15, 0.2) is 11.4 Å². The maximum Gasteiger partial charge on any atom is 0.253 e. The van der Waals surface area contributed by atoms with E-state index in [0.29, 0.717) is 35.6 Å². The van der Waals surface area contributed by atoms with E-state index in [9.17, 15) is 29.4 Å². The predicted octanol–water partition coefficient (Wildman–Crippen LogP) is 0.741. The zero-order valence-electron chi connectivity index (χ0n) is 21.6. The van der Waals surface area contributed by atoms with E-state index in [2.05, 4.69) is 15.6 Å². The van der Waals surface area contributed by atoms with E-state index >= 15 is 0 Å². The lowest BCUT2D eigenvalue weighted by molar-refractivity contribution is -0.255. The van der Waals surface area contributed by atoms with Crippen LogP contribution in [-0.4, -0.2) is 54.3 Å². The zero-order valence-corrected chi connectivity index (χ0v) is 22.4. The molecule has 0 radical (unpaired) electrons. The molecule has 13 heteroatoms. The number of amides is 4. The minimum Gasteiger partial charge on any atom is -0.530 e. The van der Waals surface area contributed by atoms with Crippen molar-refractivity contribution < 1.29 is 29.4 Å². The predicted molar refractivity (Wildman–Crippen MR) is 142 cm³/mol. The minimum atomic E-state index is -1.66. The van der Waals surface area contributed by atoms with E-state index < -0.39 is 18.5 Å². The van der Waals surface area contributed by atoms with Gasteiger partial charge in [-0.05, 0) is 48.2 Å². The van der Waals surface area contributed by atoms with E-state index in [-0.39, 0.29) is 11.8 Å². The summed E-state index contributed by atoms with van der Waals surface area (Å²) in [7, 11) is 3.40. The highest BCUT2D eigenvalue weighted by molar-refractivity contribution is 7.15. The van der Waals surface area contributed by atoms with Crippen molar-refractivity contribution >= 4 is 46.2 Å². The second-order valence-corrected chi connectivity index (χ2v) is 9.86. The lowest BCUT2D eigenvalue weighted by atomic mass is 10.0. The molecule has 206 valence electrons. The lowest BCUT2D eigenvalue weighted by Gasteiger charge is -2.24.